The molecular formula is C14H13ClO4. The number of benzene rings is 1. The first-order valence-electron chi connectivity index (χ1n) is 6.00. The second-order valence-electron chi connectivity index (χ2n) is 4.13. The van der Waals surface area contributed by atoms with E-state index in [4.69, 9.17) is 20.8 Å². The van der Waals surface area contributed by atoms with Crippen LogP contribution in [-0.4, -0.2) is 11.3 Å². The van der Waals surface area contributed by atoms with E-state index in [0.29, 0.717) is 17.8 Å². The van der Waals surface area contributed by atoms with E-state index in [1.807, 2.05) is 6.92 Å². The van der Waals surface area contributed by atoms with Crippen molar-refractivity contribution in [1.82, 2.24) is 0 Å². The predicted molar refractivity (Wildman–Crippen MR) is 72.7 cm³/mol. The van der Waals surface area contributed by atoms with Crippen LogP contribution in [0.5, 0.6) is 5.75 Å². The topological polar surface area (TPSA) is 56.5 Å². The Labute approximate surface area is 114 Å². The SMILES string of the molecule is CCCC(Cl)C(=O)Oc1ccc2ccc(=O)oc2c1. The quantitative estimate of drug-likeness (QED) is 0.374. The summed E-state index contributed by atoms with van der Waals surface area (Å²) in [6.45, 7) is 1.94. The summed E-state index contributed by atoms with van der Waals surface area (Å²) in [6.07, 6.45) is 1.36. The number of fused-ring (bicyclic) bond motifs is 1. The zero-order valence-electron chi connectivity index (χ0n) is 10.4. The number of alkyl halides is 1. The maximum absolute atomic E-state index is 11.7. The van der Waals surface area contributed by atoms with Crippen molar-refractivity contribution in [2.45, 2.75) is 25.1 Å². The lowest BCUT2D eigenvalue weighted by atomic mass is 10.2. The van der Waals surface area contributed by atoms with Crippen molar-refractivity contribution in [2.24, 2.45) is 0 Å². The molecule has 1 unspecified atom stereocenters. The third-order valence-corrected chi connectivity index (χ3v) is 3.01. The molecule has 0 spiro atoms. The molecule has 100 valence electrons. The van der Waals surface area contributed by atoms with E-state index in [1.165, 1.54) is 12.1 Å². The fourth-order valence-electron chi connectivity index (χ4n) is 1.66. The molecule has 1 aromatic heterocycles. The van der Waals surface area contributed by atoms with Gasteiger partial charge in [0.25, 0.3) is 0 Å². The monoisotopic (exact) mass is 280 g/mol. The van der Waals surface area contributed by atoms with Crippen LogP contribution in [0.15, 0.2) is 39.5 Å². The van der Waals surface area contributed by atoms with Crippen LogP contribution in [0.1, 0.15) is 19.8 Å². The molecule has 0 aliphatic rings. The van der Waals surface area contributed by atoms with Crippen LogP contribution in [0.2, 0.25) is 0 Å². The minimum atomic E-state index is -0.663. The standard InChI is InChI=1S/C14H13ClO4/c1-2-3-11(15)14(17)18-10-6-4-9-5-7-13(16)19-12(9)8-10/h4-8,11H,2-3H2,1H3. The predicted octanol–water partition coefficient (Wildman–Crippen LogP) is 3.11. The summed E-state index contributed by atoms with van der Waals surface area (Å²) in [6, 6.07) is 7.84. The molecule has 0 N–H and O–H groups in total. The van der Waals surface area contributed by atoms with Crippen molar-refractivity contribution in [3.05, 3.63) is 40.8 Å². The number of rotatable bonds is 4. The first-order chi connectivity index (χ1) is 9.10. The van der Waals surface area contributed by atoms with Crippen LogP contribution in [-0.2, 0) is 4.79 Å². The Hall–Kier alpha value is -1.81. The Morgan fingerprint density at radius 1 is 1.37 bits per heavy atom. The Bertz CT molecular complexity index is 647. The third-order valence-electron chi connectivity index (χ3n) is 2.61. The molecule has 0 amide bonds. The van der Waals surface area contributed by atoms with Crippen molar-refractivity contribution in [2.75, 3.05) is 0 Å². The largest absolute Gasteiger partial charge is 0.425 e. The molecule has 0 radical (unpaired) electrons. The summed E-state index contributed by atoms with van der Waals surface area (Å²) in [5.74, 6) is -0.185. The van der Waals surface area contributed by atoms with Crippen molar-refractivity contribution in [1.29, 1.82) is 0 Å². The van der Waals surface area contributed by atoms with Crippen molar-refractivity contribution in [3.63, 3.8) is 0 Å². The average Bonchev–Trinajstić information content (AvgIpc) is 2.38. The van der Waals surface area contributed by atoms with Gasteiger partial charge in [-0.25, -0.2) is 4.79 Å². The molecule has 1 atom stereocenters. The average molecular weight is 281 g/mol. The van der Waals surface area contributed by atoms with Gasteiger partial charge in [-0.05, 0) is 24.6 Å². The van der Waals surface area contributed by atoms with Crippen LogP contribution in [0.25, 0.3) is 11.0 Å². The molecule has 2 rings (SSSR count). The molecule has 5 heteroatoms. The Balaban J connectivity index is 2.21. The first-order valence-corrected chi connectivity index (χ1v) is 6.43. The van der Waals surface area contributed by atoms with Crippen LogP contribution in [0, 0.1) is 0 Å². The maximum atomic E-state index is 11.7. The lowest BCUT2D eigenvalue weighted by molar-refractivity contribution is -0.134. The molecule has 1 aromatic carbocycles. The Morgan fingerprint density at radius 2 is 2.11 bits per heavy atom. The smallest absolute Gasteiger partial charge is 0.336 e. The van der Waals surface area contributed by atoms with Gasteiger partial charge < -0.3 is 9.15 Å². The van der Waals surface area contributed by atoms with Gasteiger partial charge in [-0.15, -0.1) is 11.6 Å². The molecule has 0 bridgehead atoms. The Kier molecular flexibility index (Phi) is 4.22. The van der Waals surface area contributed by atoms with E-state index in [2.05, 4.69) is 0 Å². The molecule has 0 saturated carbocycles. The van der Waals surface area contributed by atoms with Crippen molar-refractivity contribution in [3.8, 4) is 5.75 Å². The van der Waals surface area contributed by atoms with Gasteiger partial charge in [0.1, 0.15) is 16.7 Å². The lowest BCUT2D eigenvalue weighted by Crippen LogP contribution is -2.20. The fourth-order valence-corrected chi connectivity index (χ4v) is 1.92. The number of hydrogen-bond donors (Lipinski definition) is 0. The van der Waals surface area contributed by atoms with Crippen molar-refractivity contribution < 1.29 is 13.9 Å². The minimum absolute atomic E-state index is 0.314. The molecular weight excluding hydrogens is 268 g/mol. The van der Waals surface area contributed by atoms with Crippen LogP contribution in [0.4, 0.5) is 0 Å². The van der Waals surface area contributed by atoms with E-state index >= 15 is 0 Å². The molecule has 1 heterocycles. The molecule has 2 aromatic rings. The Morgan fingerprint density at radius 3 is 2.84 bits per heavy atom. The molecule has 0 fully saturated rings. The maximum Gasteiger partial charge on any atom is 0.336 e. The van der Waals surface area contributed by atoms with Gasteiger partial charge in [-0.2, -0.15) is 0 Å². The number of esters is 1. The van der Waals surface area contributed by atoms with E-state index in [1.54, 1.807) is 18.2 Å². The minimum Gasteiger partial charge on any atom is -0.425 e. The summed E-state index contributed by atoms with van der Waals surface area (Å²) in [7, 11) is 0. The highest BCUT2D eigenvalue weighted by Gasteiger charge is 2.16. The van der Waals surface area contributed by atoms with Crippen molar-refractivity contribution >= 4 is 28.5 Å². The number of carbonyl (C=O) groups excluding carboxylic acids is 1. The first kappa shape index (κ1) is 13.6. The van der Waals surface area contributed by atoms with E-state index in [9.17, 15) is 9.59 Å². The fraction of sp³-hybridized carbons (Fsp3) is 0.286. The highest BCUT2D eigenvalue weighted by molar-refractivity contribution is 6.30. The summed E-state index contributed by atoms with van der Waals surface area (Å²) in [4.78, 5) is 22.8. The van der Waals surface area contributed by atoms with Gasteiger partial charge in [-0.1, -0.05) is 13.3 Å². The number of ether oxygens (including phenoxy) is 1. The lowest BCUT2D eigenvalue weighted by Gasteiger charge is -2.08. The molecule has 0 aliphatic heterocycles. The van der Waals surface area contributed by atoms with E-state index in [0.717, 1.165) is 11.8 Å². The zero-order valence-corrected chi connectivity index (χ0v) is 11.1. The zero-order chi connectivity index (χ0) is 13.8. The highest BCUT2D eigenvalue weighted by Crippen LogP contribution is 2.20. The summed E-state index contributed by atoms with van der Waals surface area (Å²) in [5.41, 5.74) is -0.0726. The number of hydrogen-bond acceptors (Lipinski definition) is 4. The summed E-state index contributed by atoms with van der Waals surface area (Å²) in [5, 5.41) is 0.0962. The second kappa shape index (κ2) is 5.89. The van der Waals surface area contributed by atoms with E-state index in [-0.39, 0.29) is 0 Å². The van der Waals surface area contributed by atoms with Crippen LogP contribution in [0.3, 0.4) is 0 Å². The molecule has 0 saturated heterocycles. The number of carbonyl (C=O) groups is 1. The number of halogens is 1. The van der Waals surface area contributed by atoms with Gasteiger partial charge in [0, 0.05) is 17.5 Å². The summed E-state index contributed by atoms with van der Waals surface area (Å²) < 4.78 is 10.2. The summed E-state index contributed by atoms with van der Waals surface area (Å²) >= 11 is 5.88. The van der Waals surface area contributed by atoms with Gasteiger partial charge in [0.15, 0.2) is 0 Å². The van der Waals surface area contributed by atoms with Gasteiger partial charge in [0.05, 0.1) is 0 Å². The van der Waals surface area contributed by atoms with Gasteiger partial charge >= 0.3 is 11.6 Å². The van der Waals surface area contributed by atoms with Gasteiger partial charge in [-0.3, -0.25) is 4.79 Å². The molecule has 0 aliphatic carbocycles. The van der Waals surface area contributed by atoms with Gasteiger partial charge in [0.2, 0.25) is 0 Å². The van der Waals surface area contributed by atoms with Crippen LogP contribution >= 0.6 is 11.6 Å². The normalized spacial score (nSPS) is 12.3. The highest BCUT2D eigenvalue weighted by atomic mass is 35.5. The molecule has 4 nitrogen and oxygen atoms in total. The second-order valence-corrected chi connectivity index (χ2v) is 4.66. The van der Waals surface area contributed by atoms with E-state index < -0.39 is 17.0 Å². The molecule has 19 heavy (non-hydrogen) atoms. The third kappa shape index (κ3) is 3.35. The van der Waals surface area contributed by atoms with Crippen LogP contribution < -0.4 is 10.4 Å².